The van der Waals surface area contributed by atoms with E-state index in [0.717, 1.165) is 31.7 Å². The Hall–Kier alpha value is -1.59. The minimum Gasteiger partial charge on any atom is -0.481 e. The minimum atomic E-state index is -0.467. The molecule has 1 amide bonds. The van der Waals surface area contributed by atoms with Crippen molar-refractivity contribution < 1.29 is 14.3 Å². The molecule has 1 aliphatic rings. The van der Waals surface area contributed by atoms with E-state index in [2.05, 4.69) is 5.32 Å². The van der Waals surface area contributed by atoms with Crippen LogP contribution in [0, 0.1) is 0 Å². The van der Waals surface area contributed by atoms with Gasteiger partial charge in [0.25, 0.3) is 5.91 Å². The molecule has 5 heteroatoms. The van der Waals surface area contributed by atoms with Crippen molar-refractivity contribution in [2.75, 3.05) is 33.3 Å². The highest BCUT2D eigenvalue weighted by atomic mass is 16.5. The molecule has 0 spiro atoms. The Morgan fingerprint density at radius 2 is 2.15 bits per heavy atom. The Morgan fingerprint density at radius 3 is 2.85 bits per heavy atom. The Balaban J connectivity index is 1.94. The molecule has 1 saturated heterocycles. The van der Waals surface area contributed by atoms with Gasteiger partial charge in [0.1, 0.15) is 5.75 Å². The number of hydrogen-bond acceptors (Lipinski definition) is 4. The van der Waals surface area contributed by atoms with Gasteiger partial charge < -0.3 is 19.7 Å². The van der Waals surface area contributed by atoms with Crippen molar-refractivity contribution in [3.05, 3.63) is 29.8 Å². The molecule has 1 N–H and O–H groups in total. The van der Waals surface area contributed by atoms with Crippen LogP contribution < -0.4 is 10.1 Å². The molecule has 2 rings (SSSR count). The van der Waals surface area contributed by atoms with Gasteiger partial charge in [0.2, 0.25) is 0 Å². The van der Waals surface area contributed by atoms with Gasteiger partial charge in [-0.3, -0.25) is 4.79 Å². The molecule has 110 valence electrons. The van der Waals surface area contributed by atoms with Gasteiger partial charge in [0.05, 0.1) is 6.61 Å². The first-order chi connectivity index (χ1) is 9.70. The van der Waals surface area contributed by atoms with Crippen LogP contribution in [0.2, 0.25) is 0 Å². The number of piperazine rings is 1. The number of nitrogens with one attached hydrogen (secondary N) is 1. The average molecular weight is 278 g/mol. The number of hydrogen-bond donors (Lipinski definition) is 1. The minimum absolute atomic E-state index is 0.0450. The van der Waals surface area contributed by atoms with Gasteiger partial charge in [-0.1, -0.05) is 12.1 Å². The fourth-order valence-corrected chi connectivity index (χ4v) is 2.27. The fourth-order valence-electron chi connectivity index (χ4n) is 2.27. The molecule has 1 fully saturated rings. The summed E-state index contributed by atoms with van der Waals surface area (Å²) >= 11 is 0. The lowest BCUT2D eigenvalue weighted by molar-refractivity contribution is -0.138. The number of nitrogens with zero attached hydrogens (tertiary/aromatic N) is 1. The second-order valence-electron chi connectivity index (χ2n) is 4.92. The number of carbonyl (C=O) groups is 1. The summed E-state index contributed by atoms with van der Waals surface area (Å²) in [5.74, 6) is 0.749. The molecular formula is C15H22N2O3. The van der Waals surface area contributed by atoms with Gasteiger partial charge in [-0.25, -0.2) is 0 Å². The van der Waals surface area contributed by atoms with E-state index in [1.165, 1.54) is 0 Å². The van der Waals surface area contributed by atoms with E-state index in [0.29, 0.717) is 12.4 Å². The van der Waals surface area contributed by atoms with Crippen molar-refractivity contribution in [3.8, 4) is 5.75 Å². The summed E-state index contributed by atoms with van der Waals surface area (Å²) in [4.78, 5) is 14.1. The predicted octanol–water partition coefficient (Wildman–Crippen LogP) is 1.03. The van der Waals surface area contributed by atoms with E-state index >= 15 is 0 Å². The molecular weight excluding hydrogens is 256 g/mol. The zero-order valence-electron chi connectivity index (χ0n) is 12.1. The maximum absolute atomic E-state index is 12.3. The van der Waals surface area contributed by atoms with E-state index in [9.17, 15) is 4.79 Å². The third-order valence-electron chi connectivity index (χ3n) is 3.30. The van der Waals surface area contributed by atoms with Gasteiger partial charge >= 0.3 is 0 Å². The molecule has 0 bridgehead atoms. The van der Waals surface area contributed by atoms with Gasteiger partial charge in [0, 0.05) is 33.3 Å². The van der Waals surface area contributed by atoms with Crippen molar-refractivity contribution in [2.45, 2.75) is 19.6 Å². The Morgan fingerprint density at radius 1 is 1.40 bits per heavy atom. The van der Waals surface area contributed by atoms with Gasteiger partial charge in [-0.2, -0.15) is 0 Å². The van der Waals surface area contributed by atoms with Crippen LogP contribution in [-0.4, -0.2) is 50.2 Å². The molecule has 0 aliphatic carbocycles. The first kappa shape index (κ1) is 14.8. The van der Waals surface area contributed by atoms with Crippen molar-refractivity contribution in [3.63, 3.8) is 0 Å². The summed E-state index contributed by atoms with van der Waals surface area (Å²) in [6.45, 7) is 5.53. The smallest absolute Gasteiger partial charge is 0.263 e. The highest BCUT2D eigenvalue weighted by Gasteiger charge is 2.23. The lowest BCUT2D eigenvalue weighted by Crippen LogP contribution is -2.50. The van der Waals surface area contributed by atoms with Crippen molar-refractivity contribution in [2.24, 2.45) is 0 Å². The van der Waals surface area contributed by atoms with Crippen LogP contribution in [0.5, 0.6) is 5.75 Å². The van der Waals surface area contributed by atoms with Crippen molar-refractivity contribution in [1.29, 1.82) is 0 Å². The Kier molecular flexibility index (Phi) is 5.38. The average Bonchev–Trinajstić information content (AvgIpc) is 2.48. The molecule has 1 aliphatic heterocycles. The molecule has 1 aromatic rings. The molecule has 1 unspecified atom stereocenters. The SMILES string of the molecule is COCc1cccc(OC(C)C(=O)N2CCNCC2)c1. The first-order valence-corrected chi connectivity index (χ1v) is 6.94. The number of benzene rings is 1. The topological polar surface area (TPSA) is 50.8 Å². The van der Waals surface area contributed by atoms with Crippen LogP contribution in [0.15, 0.2) is 24.3 Å². The van der Waals surface area contributed by atoms with Crippen LogP contribution in [0.3, 0.4) is 0 Å². The first-order valence-electron chi connectivity index (χ1n) is 6.94. The summed E-state index contributed by atoms with van der Waals surface area (Å²) < 4.78 is 10.8. The van der Waals surface area contributed by atoms with Crippen molar-refractivity contribution in [1.82, 2.24) is 10.2 Å². The predicted molar refractivity (Wildman–Crippen MR) is 76.7 cm³/mol. The van der Waals surface area contributed by atoms with Gasteiger partial charge in [-0.15, -0.1) is 0 Å². The summed E-state index contributed by atoms with van der Waals surface area (Å²) in [6, 6.07) is 7.65. The van der Waals surface area contributed by atoms with Crippen LogP contribution in [0.1, 0.15) is 12.5 Å². The van der Waals surface area contributed by atoms with Crippen LogP contribution in [0.25, 0.3) is 0 Å². The van der Waals surface area contributed by atoms with Crippen molar-refractivity contribution >= 4 is 5.91 Å². The molecule has 0 saturated carbocycles. The molecule has 0 aromatic heterocycles. The summed E-state index contributed by atoms with van der Waals surface area (Å²) in [7, 11) is 1.66. The monoisotopic (exact) mass is 278 g/mol. The second kappa shape index (κ2) is 7.26. The largest absolute Gasteiger partial charge is 0.481 e. The van der Waals surface area contributed by atoms with E-state index < -0.39 is 6.10 Å². The zero-order valence-corrected chi connectivity index (χ0v) is 12.1. The third-order valence-corrected chi connectivity index (χ3v) is 3.30. The zero-order chi connectivity index (χ0) is 14.4. The Labute approximate surface area is 119 Å². The number of carbonyl (C=O) groups excluding carboxylic acids is 1. The Bertz CT molecular complexity index is 444. The normalized spacial score (nSPS) is 16.8. The summed E-state index contributed by atoms with van der Waals surface area (Å²) in [6.07, 6.45) is -0.467. The highest BCUT2D eigenvalue weighted by molar-refractivity contribution is 5.81. The van der Waals surface area contributed by atoms with Crippen LogP contribution in [0.4, 0.5) is 0 Å². The van der Waals surface area contributed by atoms with E-state index in [-0.39, 0.29) is 5.91 Å². The standard InChI is InChI=1S/C15H22N2O3/c1-12(15(18)17-8-6-16-7-9-17)20-14-5-3-4-13(10-14)11-19-2/h3-5,10,12,16H,6-9,11H2,1-2H3. The number of rotatable bonds is 5. The third kappa shape index (κ3) is 3.95. The lowest BCUT2D eigenvalue weighted by Gasteiger charge is -2.29. The number of methoxy groups -OCH3 is 1. The maximum Gasteiger partial charge on any atom is 0.263 e. The molecule has 1 heterocycles. The molecule has 20 heavy (non-hydrogen) atoms. The maximum atomic E-state index is 12.3. The van der Waals surface area contributed by atoms with Gasteiger partial charge in [-0.05, 0) is 24.6 Å². The van der Waals surface area contributed by atoms with Crippen LogP contribution in [-0.2, 0) is 16.1 Å². The molecule has 5 nitrogen and oxygen atoms in total. The van der Waals surface area contributed by atoms with Gasteiger partial charge in [0.15, 0.2) is 6.10 Å². The summed E-state index contributed by atoms with van der Waals surface area (Å²) in [5.41, 5.74) is 1.03. The van der Waals surface area contributed by atoms with Crippen LogP contribution >= 0.6 is 0 Å². The van der Waals surface area contributed by atoms with E-state index in [1.54, 1.807) is 14.0 Å². The molecule has 0 radical (unpaired) electrons. The summed E-state index contributed by atoms with van der Waals surface area (Å²) in [5, 5.41) is 3.23. The fraction of sp³-hybridized carbons (Fsp3) is 0.533. The molecule has 1 atom stereocenters. The molecule has 1 aromatic carbocycles. The lowest BCUT2D eigenvalue weighted by atomic mass is 10.2. The second-order valence-corrected chi connectivity index (χ2v) is 4.92. The number of ether oxygens (including phenoxy) is 2. The van der Waals surface area contributed by atoms with E-state index in [4.69, 9.17) is 9.47 Å². The van der Waals surface area contributed by atoms with E-state index in [1.807, 2.05) is 29.2 Å². The highest BCUT2D eigenvalue weighted by Crippen LogP contribution is 2.16. The quantitative estimate of drug-likeness (QED) is 0.874. The number of amides is 1.